The maximum absolute atomic E-state index is 12.2. The molecule has 0 aromatic carbocycles. The highest BCUT2D eigenvalue weighted by molar-refractivity contribution is 5.74. The first-order chi connectivity index (χ1) is 7.05. The Balaban J connectivity index is 5.19. The van der Waals surface area contributed by atoms with Crippen molar-refractivity contribution in [3.8, 4) is 0 Å². The molecule has 0 saturated heterocycles. The second-order valence-corrected chi connectivity index (χ2v) is 2.81. The van der Waals surface area contributed by atoms with Crippen LogP contribution in [0.1, 0.15) is 6.92 Å². The molecule has 0 heterocycles. The van der Waals surface area contributed by atoms with Gasteiger partial charge in [-0.15, -0.1) is 0 Å². The van der Waals surface area contributed by atoms with Gasteiger partial charge < -0.3 is 14.9 Å². The Morgan fingerprint density at radius 2 is 1.75 bits per heavy atom. The van der Waals surface area contributed by atoms with Crippen LogP contribution in [0.4, 0.5) is 22.0 Å². The molecule has 0 amide bonds. The highest BCUT2D eigenvalue weighted by Crippen LogP contribution is 2.37. The summed E-state index contributed by atoms with van der Waals surface area (Å²) in [5, 5.41) is 17.1. The predicted octanol–water partition coefficient (Wildman–Crippen LogP) is 0.674. The van der Waals surface area contributed by atoms with E-state index < -0.39 is 36.9 Å². The Morgan fingerprint density at radius 3 is 2.00 bits per heavy atom. The van der Waals surface area contributed by atoms with Crippen molar-refractivity contribution in [2.45, 2.75) is 25.3 Å². The van der Waals surface area contributed by atoms with Crippen LogP contribution >= 0.6 is 0 Å². The number of halogens is 5. The van der Waals surface area contributed by atoms with Crippen molar-refractivity contribution < 1.29 is 41.7 Å². The number of carbonyl (C=O) groups is 1. The molecule has 0 aliphatic heterocycles. The third-order valence-corrected chi connectivity index (χ3v) is 1.60. The van der Waals surface area contributed by atoms with Crippen LogP contribution < -0.4 is 0 Å². The number of rotatable bonds is 4. The van der Waals surface area contributed by atoms with Crippen LogP contribution in [0.15, 0.2) is 0 Å². The average molecular weight is 252 g/mol. The van der Waals surface area contributed by atoms with Gasteiger partial charge in [0.1, 0.15) is 0 Å². The molecule has 0 radical (unpaired) electrons. The fraction of sp³-hybridized carbons (Fsp3) is 0.857. The van der Waals surface area contributed by atoms with Gasteiger partial charge in [0, 0.05) is 0 Å². The summed E-state index contributed by atoms with van der Waals surface area (Å²) < 4.78 is 64.4. The highest BCUT2D eigenvalue weighted by atomic mass is 19.4. The largest absolute Gasteiger partial charge is 0.465 e. The molecule has 0 fully saturated rings. The lowest BCUT2D eigenvalue weighted by Crippen LogP contribution is -2.55. The monoisotopic (exact) mass is 252 g/mol. The van der Waals surface area contributed by atoms with Gasteiger partial charge in [-0.2, -0.15) is 13.2 Å². The fourth-order valence-electron chi connectivity index (χ4n) is 0.900. The zero-order chi connectivity index (χ0) is 13.1. The third kappa shape index (κ3) is 3.27. The summed E-state index contributed by atoms with van der Waals surface area (Å²) in [7, 11) is 0. The number of hydrogen-bond acceptors (Lipinski definition) is 4. The summed E-state index contributed by atoms with van der Waals surface area (Å²) in [6.45, 7) is 0.634. The molecule has 1 unspecified atom stereocenters. The van der Waals surface area contributed by atoms with Crippen LogP contribution in [0.5, 0.6) is 0 Å². The Kier molecular flexibility index (Phi) is 4.62. The zero-order valence-corrected chi connectivity index (χ0v) is 7.96. The number of hydrogen-bond donors (Lipinski definition) is 2. The first-order valence-corrected chi connectivity index (χ1v) is 4.01. The van der Waals surface area contributed by atoms with Gasteiger partial charge in [0.15, 0.2) is 0 Å². The van der Waals surface area contributed by atoms with Crippen LogP contribution in [0, 0.1) is 5.92 Å². The molecule has 9 heteroatoms. The van der Waals surface area contributed by atoms with Crippen molar-refractivity contribution >= 4 is 5.97 Å². The Hall–Kier alpha value is -0.960. The van der Waals surface area contributed by atoms with Gasteiger partial charge in [0.05, 0.1) is 6.61 Å². The van der Waals surface area contributed by atoms with E-state index in [4.69, 9.17) is 10.2 Å². The summed E-state index contributed by atoms with van der Waals surface area (Å²) in [5.41, 5.74) is 0. The minimum atomic E-state index is -5.55. The van der Waals surface area contributed by atoms with E-state index >= 15 is 0 Å². The topological polar surface area (TPSA) is 66.8 Å². The summed E-state index contributed by atoms with van der Waals surface area (Å²) in [6, 6.07) is 0. The summed E-state index contributed by atoms with van der Waals surface area (Å²) in [5.74, 6) is -10.4. The predicted molar refractivity (Wildman–Crippen MR) is 39.4 cm³/mol. The van der Waals surface area contributed by atoms with Crippen molar-refractivity contribution in [1.29, 1.82) is 0 Å². The van der Waals surface area contributed by atoms with Crippen molar-refractivity contribution in [2.75, 3.05) is 6.61 Å². The van der Waals surface area contributed by atoms with E-state index in [0.29, 0.717) is 0 Å². The highest BCUT2D eigenvalue weighted by Gasteiger charge is 2.62. The first kappa shape index (κ1) is 15.0. The molecule has 0 spiro atoms. The first-order valence-electron chi connectivity index (χ1n) is 4.01. The fourth-order valence-corrected chi connectivity index (χ4v) is 0.900. The Morgan fingerprint density at radius 1 is 1.31 bits per heavy atom. The molecule has 2 N–H and O–H groups in total. The van der Waals surface area contributed by atoms with Crippen molar-refractivity contribution in [3.05, 3.63) is 0 Å². The van der Waals surface area contributed by atoms with Gasteiger partial charge in [-0.25, -0.2) is 8.78 Å². The molecular formula is C7H9F5O4. The molecule has 0 saturated carbocycles. The molecule has 1 atom stereocenters. The Bertz CT molecular complexity index is 250. The summed E-state index contributed by atoms with van der Waals surface area (Å²) >= 11 is 0. The number of esters is 1. The molecule has 0 aromatic heterocycles. The van der Waals surface area contributed by atoms with Gasteiger partial charge in [-0.1, -0.05) is 0 Å². The van der Waals surface area contributed by atoms with Gasteiger partial charge in [-0.3, -0.25) is 4.79 Å². The Labute approximate surface area is 86.6 Å². The average Bonchev–Trinajstić information content (AvgIpc) is 2.00. The second kappa shape index (κ2) is 4.91. The lowest BCUT2D eigenvalue weighted by molar-refractivity contribution is -0.326. The third-order valence-electron chi connectivity index (χ3n) is 1.60. The van der Waals surface area contributed by atoms with Crippen molar-refractivity contribution in [2.24, 2.45) is 5.92 Å². The molecule has 0 bridgehead atoms. The lowest BCUT2D eigenvalue weighted by atomic mass is 9.98. The smallest absolute Gasteiger partial charge is 0.407 e. The minimum Gasteiger partial charge on any atom is -0.465 e. The van der Waals surface area contributed by atoms with E-state index in [0.717, 1.165) is 6.92 Å². The normalized spacial score (nSPS) is 15.1. The molecule has 4 nitrogen and oxygen atoms in total. The van der Waals surface area contributed by atoms with Crippen LogP contribution in [0.3, 0.4) is 0 Å². The van der Waals surface area contributed by atoms with Gasteiger partial charge in [0.2, 0.25) is 11.7 Å². The van der Waals surface area contributed by atoms with Crippen molar-refractivity contribution in [3.63, 3.8) is 0 Å². The van der Waals surface area contributed by atoms with Crippen molar-refractivity contribution in [1.82, 2.24) is 0 Å². The minimum absolute atomic E-state index is 0.509. The molecule has 0 aliphatic rings. The van der Waals surface area contributed by atoms with E-state index in [-0.39, 0.29) is 0 Å². The van der Waals surface area contributed by atoms with Crippen LogP contribution in [-0.4, -0.2) is 41.2 Å². The van der Waals surface area contributed by atoms with Crippen LogP contribution in [0.25, 0.3) is 0 Å². The number of ether oxygens (including phenoxy) is 1. The maximum Gasteiger partial charge on any atom is 0.407 e. The maximum atomic E-state index is 12.2. The van der Waals surface area contributed by atoms with Gasteiger partial charge in [0.25, 0.3) is 6.43 Å². The molecule has 96 valence electrons. The summed E-state index contributed by atoms with van der Waals surface area (Å²) in [6.07, 6.45) is -9.71. The number of aliphatic hydroxyl groups is 2. The SMILES string of the molecule is CCOC(=O)C(C(F)(F)F)C(O)(O)C(F)F. The van der Waals surface area contributed by atoms with E-state index in [9.17, 15) is 26.7 Å². The molecule has 0 rings (SSSR count). The van der Waals surface area contributed by atoms with E-state index in [1.54, 1.807) is 0 Å². The van der Waals surface area contributed by atoms with E-state index in [1.807, 2.05) is 0 Å². The quantitative estimate of drug-likeness (QED) is 0.438. The van der Waals surface area contributed by atoms with Gasteiger partial charge in [-0.05, 0) is 6.92 Å². The van der Waals surface area contributed by atoms with E-state index in [2.05, 4.69) is 4.74 Å². The molecular weight excluding hydrogens is 243 g/mol. The lowest BCUT2D eigenvalue weighted by Gasteiger charge is -2.29. The molecule has 0 aromatic rings. The van der Waals surface area contributed by atoms with Gasteiger partial charge >= 0.3 is 12.1 Å². The second-order valence-electron chi connectivity index (χ2n) is 2.81. The van der Waals surface area contributed by atoms with Crippen LogP contribution in [-0.2, 0) is 9.53 Å². The summed E-state index contributed by atoms with van der Waals surface area (Å²) in [4.78, 5) is 10.7. The van der Waals surface area contributed by atoms with Crippen LogP contribution in [0.2, 0.25) is 0 Å². The number of alkyl halides is 5. The van der Waals surface area contributed by atoms with E-state index in [1.165, 1.54) is 0 Å². The zero-order valence-electron chi connectivity index (χ0n) is 7.96. The molecule has 0 aliphatic carbocycles. The standard InChI is InChI=1S/C7H9F5O4/c1-2-16-4(13)3(7(10,11)12)6(14,15)5(8)9/h3,5,14-15H,2H2,1H3. The molecule has 16 heavy (non-hydrogen) atoms. The number of carbonyl (C=O) groups excluding carboxylic acids is 1.